The van der Waals surface area contributed by atoms with Gasteiger partial charge in [0.1, 0.15) is 5.75 Å². The molecule has 0 saturated heterocycles. The van der Waals surface area contributed by atoms with Gasteiger partial charge in [-0.05, 0) is 66.9 Å². The predicted molar refractivity (Wildman–Crippen MR) is 98.9 cm³/mol. The van der Waals surface area contributed by atoms with Crippen LogP contribution in [0.1, 0.15) is 38.8 Å². The minimum Gasteiger partial charge on any atom is -0.492 e. The van der Waals surface area contributed by atoms with Crippen LogP contribution in [0.5, 0.6) is 5.75 Å². The monoisotopic (exact) mass is 390 g/mol. The first-order valence-electron chi connectivity index (χ1n) is 8.09. The molecule has 0 fully saturated rings. The van der Waals surface area contributed by atoms with Crippen LogP contribution in [0.25, 0.3) is 0 Å². The van der Waals surface area contributed by atoms with Gasteiger partial charge in [-0.1, -0.05) is 18.2 Å². The van der Waals surface area contributed by atoms with Crippen molar-refractivity contribution >= 4 is 21.8 Å². The topological polar surface area (TPSA) is 51.2 Å². The largest absolute Gasteiger partial charge is 0.492 e. The third kappa shape index (κ3) is 5.64. The number of benzene rings is 1. The van der Waals surface area contributed by atoms with Gasteiger partial charge in [0.2, 0.25) is 5.91 Å². The molecule has 0 unspecified atom stereocenters. The van der Waals surface area contributed by atoms with Crippen LogP contribution < -0.4 is 10.1 Å². The summed E-state index contributed by atoms with van der Waals surface area (Å²) in [5.74, 6) is 0.866. The highest BCUT2D eigenvalue weighted by Gasteiger charge is 2.23. The third-order valence-electron chi connectivity index (χ3n) is 3.65. The van der Waals surface area contributed by atoms with E-state index in [1.54, 1.807) is 6.20 Å². The molecule has 2 rings (SSSR count). The van der Waals surface area contributed by atoms with E-state index in [0.717, 1.165) is 28.8 Å². The number of aromatic nitrogens is 1. The van der Waals surface area contributed by atoms with E-state index in [4.69, 9.17) is 4.74 Å². The fourth-order valence-electron chi connectivity index (χ4n) is 2.34. The Morgan fingerprint density at radius 2 is 1.92 bits per heavy atom. The fraction of sp³-hybridized carbons (Fsp3) is 0.368. The van der Waals surface area contributed by atoms with Gasteiger partial charge < -0.3 is 10.1 Å². The van der Waals surface area contributed by atoms with Crippen LogP contribution in [-0.2, 0) is 10.3 Å². The molecule has 0 radical (unpaired) electrons. The summed E-state index contributed by atoms with van der Waals surface area (Å²) in [6, 6.07) is 13.5. The number of nitrogens with one attached hydrogen (secondary N) is 1. The second-order valence-electron chi connectivity index (χ2n) is 6.12. The van der Waals surface area contributed by atoms with Crippen molar-refractivity contribution in [1.82, 2.24) is 10.3 Å². The molecule has 1 aromatic heterocycles. The molecule has 0 spiro atoms. The summed E-state index contributed by atoms with van der Waals surface area (Å²) in [4.78, 5) is 16.4. The number of halogens is 1. The van der Waals surface area contributed by atoms with Gasteiger partial charge in [-0.3, -0.25) is 9.78 Å². The fourth-order valence-corrected chi connectivity index (χ4v) is 2.74. The zero-order valence-corrected chi connectivity index (χ0v) is 15.7. The zero-order chi connectivity index (χ0) is 17.4. The maximum atomic E-state index is 12.1. The van der Waals surface area contributed by atoms with Crippen LogP contribution in [-0.4, -0.2) is 17.5 Å². The Bertz CT molecular complexity index is 659. The average molecular weight is 391 g/mol. The summed E-state index contributed by atoms with van der Waals surface area (Å²) in [6.07, 6.45) is 3.84. The molecule has 1 amide bonds. The molecule has 24 heavy (non-hydrogen) atoms. The van der Waals surface area contributed by atoms with Crippen LogP contribution in [0, 0.1) is 0 Å². The standard InChI is InChI=1S/C19H23BrN2O2/c1-19(2,17-11-5-7-13-21-17)22-18(23)12-6-8-14-24-16-10-4-3-9-15(16)20/h3-5,7,9-11,13H,6,8,12,14H2,1-2H3,(H,22,23). The van der Waals surface area contributed by atoms with Crippen molar-refractivity contribution in [2.45, 2.75) is 38.6 Å². The van der Waals surface area contributed by atoms with Gasteiger partial charge in [-0.15, -0.1) is 0 Å². The van der Waals surface area contributed by atoms with Crippen molar-refractivity contribution < 1.29 is 9.53 Å². The Morgan fingerprint density at radius 1 is 1.17 bits per heavy atom. The zero-order valence-electron chi connectivity index (χ0n) is 14.1. The van der Waals surface area contributed by atoms with Gasteiger partial charge in [0.15, 0.2) is 0 Å². The molecule has 2 aromatic rings. The molecule has 1 heterocycles. The molecule has 0 aliphatic heterocycles. The van der Waals surface area contributed by atoms with E-state index in [1.807, 2.05) is 56.3 Å². The molecule has 0 saturated carbocycles. The van der Waals surface area contributed by atoms with Crippen molar-refractivity contribution in [1.29, 1.82) is 0 Å². The van der Waals surface area contributed by atoms with E-state index >= 15 is 0 Å². The van der Waals surface area contributed by atoms with Crippen LogP contribution in [0.15, 0.2) is 53.1 Å². The molecule has 0 aliphatic rings. The molecular weight excluding hydrogens is 368 g/mol. The summed E-state index contributed by atoms with van der Waals surface area (Å²) in [6.45, 7) is 4.52. The molecule has 128 valence electrons. The second-order valence-corrected chi connectivity index (χ2v) is 6.98. The molecule has 0 aliphatic carbocycles. The Balaban J connectivity index is 1.69. The summed E-state index contributed by atoms with van der Waals surface area (Å²) >= 11 is 3.45. The Kier molecular flexibility index (Phi) is 6.79. The molecular formula is C19H23BrN2O2. The minimum atomic E-state index is -0.469. The number of para-hydroxylation sites is 1. The molecule has 4 nitrogen and oxygen atoms in total. The number of carbonyl (C=O) groups is 1. The summed E-state index contributed by atoms with van der Waals surface area (Å²) in [5, 5.41) is 3.04. The number of rotatable bonds is 8. The highest BCUT2D eigenvalue weighted by Crippen LogP contribution is 2.24. The van der Waals surface area contributed by atoms with Crippen molar-refractivity contribution in [2.75, 3.05) is 6.61 Å². The first-order valence-corrected chi connectivity index (χ1v) is 8.88. The highest BCUT2D eigenvalue weighted by molar-refractivity contribution is 9.10. The van der Waals surface area contributed by atoms with Crippen LogP contribution in [0.4, 0.5) is 0 Å². The first kappa shape index (κ1) is 18.5. The lowest BCUT2D eigenvalue weighted by Gasteiger charge is -2.25. The van der Waals surface area contributed by atoms with E-state index in [2.05, 4.69) is 26.2 Å². The molecule has 1 N–H and O–H groups in total. The number of pyridine rings is 1. The van der Waals surface area contributed by atoms with E-state index in [9.17, 15) is 4.79 Å². The van der Waals surface area contributed by atoms with E-state index < -0.39 is 5.54 Å². The maximum Gasteiger partial charge on any atom is 0.220 e. The van der Waals surface area contributed by atoms with Crippen molar-refractivity contribution in [2.24, 2.45) is 0 Å². The Hall–Kier alpha value is -1.88. The molecule has 0 bridgehead atoms. The van der Waals surface area contributed by atoms with Gasteiger partial charge in [0.25, 0.3) is 0 Å². The SMILES string of the molecule is CC(C)(NC(=O)CCCCOc1ccccc1Br)c1ccccn1. The summed E-state index contributed by atoms with van der Waals surface area (Å²) in [5.41, 5.74) is 0.389. The minimum absolute atomic E-state index is 0.0338. The number of unbranched alkanes of at least 4 members (excludes halogenated alkanes) is 1. The van der Waals surface area contributed by atoms with Crippen LogP contribution in [0.2, 0.25) is 0 Å². The predicted octanol–water partition coefficient (Wildman–Crippen LogP) is 4.44. The van der Waals surface area contributed by atoms with Crippen molar-refractivity contribution in [3.8, 4) is 5.75 Å². The van der Waals surface area contributed by atoms with Crippen molar-refractivity contribution in [3.63, 3.8) is 0 Å². The van der Waals surface area contributed by atoms with E-state index in [1.165, 1.54) is 0 Å². The van der Waals surface area contributed by atoms with Crippen LogP contribution >= 0.6 is 15.9 Å². The number of nitrogens with zero attached hydrogens (tertiary/aromatic N) is 1. The Morgan fingerprint density at radius 3 is 2.62 bits per heavy atom. The smallest absolute Gasteiger partial charge is 0.220 e. The third-order valence-corrected chi connectivity index (χ3v) is 4.30. The lowest BCUT2D eigenvalue weighted by atomic mass is 9.99. The van der Waals surface area contributed by atoms with Gasteiger partial charge in [-0.25, -0.2) is 0 Å². The first-order chi connectivity index (χ1) is 11.5. The normalized spacial score (nSPS) is 11.1. The van der Waals surface area contributed by atoms with Gasteiger partial charge in [0.05, 0.1) is 22.3 Å². The number of hydrogen-bond acceptors (Lipinski definition) is 3. The lowest BCUT2D eigenvalue weighted by molar-refractivity contribution is -0.122. The average Bonchev–Trinajstić information content (AvgIpc) is 2.56. The van der Waals surface area contributed by atoms with Gasteiger partial charge in [-0.2, -0.15) is 0 Å². The highest BCUT2D eigenvalue weighted by atomic mass is 79.9. The molecule has 0 atom stereocenters. The van der Waals surface area contributed by atoms with Gasteiger partial charge >= 0.3 is 0 Å². The van der Waals surface area contributed by atoms with E-state index in [0.29, 0.717) is 13.0 Å². The molecule has 1 aromatic carbocycles. The second kappa shape index (κ2) is 8.83. The van der Waals surface area contributed by atoms with Crippen molar-refractivity contribution in [3.05, 3.63) is 58.8 Å². The van der Waals surface area contributed by atoms with E-state index in [-0.39, 0.29) is 5.91 Å². The van der Waals surface area contributed by atoms with Crippen LogP contribution in [0.3, 0.4) is 0 Å². The number of carbonyl (C=O) groups excluding carboxylic acids is 1. The number of ether oxygens (including phenoxy) is 1. The number of amides is 1. The number of hydrogen-bond donors (Lipinski definition) is 1. The lowest BCUT2D eigenvalue weighted by Crippen LogP contribution is -2.41. The Labute approximate surface area is 151 Å². The summed E-state index contributed by atoms with van der Waals surface area (Å²) in [7, 11) is 0. The summed E-state index contributed by atoms with van der Waals surface area (Å²) < 4.78 is 6.64. The van der Waals surface area contributed by atoms with Gasteiger partial charge in [0, 0.05) is 12.6 Å². The quantitative estimate of drug-likeness (QED) is 0.677. The maximum absolute atomic E-state index is 12.1. The molecule has 5 heteroatoms.